The molecule has 0 saturated carbocycles. The first-order valence-corrected chi connectivity index (χ1v) is 5.30. The van der Waals surface area contributed by atoms with Gasteiger partial charge in [0.2, 0.25) is 0 Å². The monoisotopic (exact) mass is 253 g/mol. The molecule has 5 heteroatoms. The summed E-state index contributed by atoms with van der Waals surface area (Å²) in [5, 5.41) is 1.04. The van der Waals surface area contributed by atoms with Gasteiger partial charge in [0.15, 0.2) is 0 Å². The lowest BCUT2D eigenvalue weighted by molar-refractivity contribution is 1.33. The maximum atomic E-state index is 6.08. The van der Waals surface area contributed by atoms with E-state index in [9.17, 15) is 0 Å². The summed E-state index contributed by atoms with van der Waals surface area (Å²) in [7, 11) is 0. The van der Waals surface area contributed by atoms with Crippen molar-refractivity contribution in [1.82, 2.24) is 4.98 Å². The summed E-state index contributed by atoms with van der Waals surface area (Å²) >= 11 is 12.2. The second kappa shape index (κ2) is 4.20. The summed E-state index contributed by atoms with van der Waals surface area (Å²) in [5.74, 6) is 0. The number of rotatable bonds is 1. The van der Waals surface area contributed by atoms with Crippen LogP contribution in [0.4, 0.5) is 11.4 Å². The summed E-state index contributed by atoms with van der Waals surface area (Å²) in [6.07, 6.45) is 3.09. The number of hydrogen-bond donors (Lipinski definition) is 2. The maximum Gasteiger partial charge on any atom is 0.0740 e. The fourth-order valence-electron chi connectivity index (χ4n) is 1.44. The molecule has 0 fully saturated rings. The molecule has 1 aromatic heterocycles. The SMILES string of the molecule is Nc1cncc(-c2c(Cl)cccc2Cl)c1N. The van der Waals surface area contributed by atoms with Crippen LogP contribution in [0.2, 0.25) is 10.0 Å². The smallest absolute Gasteiger partial charge is 0.0740 e. The molecular formula is C11H9Cl2N3. The first-order chi connectivity index (χ1) is 7.61. The highest BCUT2D eigenvalue weighted by molar-refractivity contribution is 6.39. The number of nitrogens with two attached hydrogens (primary N) is 2. The van der Waals surface area contributed by atoms with Crippen molar-refractivity contribution in [2.45, 2.75) is 0 Å². The first kappa shape index (κ1) is 11.0. The van der Waals surface area contributed by atoms with Crippen LogP contribution < -0.4 is 11.5 Å². The van der Waals surface area contributed by atoms with Gasteiger partial charge in [0.1, 0.15) is 0 Å². The molecule has 0 atom stereocenters. The molecule has 0 aliphatic rings. The fraction of sp³-hybridized carbons (Fsp3) is 0. The first-order valence-electron chi connectivity index (χ1n) is 4.54. The summed E-state index contributed by atoms with van der Waals surface area (Å²) < 4.78 is 0. The minimum absolute atomic E-state index is 0.411. The van der Waals surface area contributed by atoms with E-state index in [1.165, 1.54) is 6.20 Å². The largest absolute Gasteiger partial charge is 0.396 e. The van der Waals surface area contributed by atoms with Crippen LogP contribution >= 0.6 is 23.2 Å². The van der Waals surface area contributed by atoms with E-state index in [-0.39, 0.29) is 0 Å². The molecule has 1 aromatic carbocycles. The van der Waals surface area contributed by atoms with Gasteiger partial charge in [-0.2, -0.15) is 0 Å². The van der Waals surface area contributed by atoms with Crippen molar-refractivity contribution in [2.75, 3.05) is 11.5 Å². The van der Waals surface area contributed by atoms with Crippen LogP contribution in [-0.4, -0.2) is 4.98 Å². The lowest BCUT2D eigenvalue weighted by Crippen LogP contribution is -1.98. The second-order valence-electron chi connectivity index (χ2n) is 3.29. The van der Waals surface area contributed by atoms with Gasteiger partial charge in [-0.1, -0.05) is 29.3 Å². The molecule has 0 radical (unpaired) electrons. The Bertz CT molecular complexity index is 520. The fourth-order valence-corrected chi connectivity index (χ4v) is 2.04. The van der Waals surface area contributed by atoms with E-state index in [0.717, 1.165) is 0 Å². The molecule has 0 bridgehead atoms. The molecule has 0 aliphatic carbocycles. The molecule has 16 heavy (non-hydrogen) atoms. The zero-order valence-electron chi connectivity index (χ0n) is 8.24. The number of anilines is 2. The van der Waals surface area contributed by atoms with Gasteiger partial charge >= 0.3 is 0 Å². The summed E-state index contributed by atoms with van der Waals surface area (Å²) in [5.41, 5.74) is 13.7. The van der Waals surface area contributed by atoms with Crippen molar-refractivity contribution in [3.63, 3.8) is 0 Å². The minimum Gasteiger partial charge on any atom is -0.396 e. The van der Waals surface area contributed by atoms with Crippen molar-refractivity contribution in [3.05, 3.63) is 40.6 Å². The summed E-state index contributed by atoms with van der Waals surface area (Å²) in [4.78, 5) is 3.98. The van der Waals surface area contributed by atoms with Gasteiger partial charge in [0.25, 0.3) is 0 Å². The molecule has 0 spiro atoms. The molecule has 2 aromatic rings. The summed E-state index contributed by atoms with van der Waals surface area (Å²) in [6, 6.07) is 5.25. The van der Waals surface area contributed by atoms with Crippen LogP contribution in [0.1, 0.15) is 0 Å². The van der Waals surface area contributed by atoms with Crippen LogP contribution in [0, 0.1) is 0 Å². The maximum absolute atomic E-state index is 6.08. The number of benzene rings is 1. The van der Waals surface area contributed by atoms with Crippen LogP contribution in [0.5, 0.6) is 0 Å². The molecule has 4 N–H and O–H groups in total. The van der Waals surface area contributed by atoms with Gasteiger partial charge in [-0.15, -0.1) is 0 Å². The third kappa shape index (κ3) is 1.79. The predicted molar refractivity (Wildman–Crippen MR) is 68.5 cm³/mol. The lowest BCUT2D eigenvalue weighted by Gasteiger charge is -2.10. The van der Waals surface area contributed by atoms with Gasteiger partial charge in [0.05, 0.1) is 27.6 Å². The van der Waals surface area contributed by atoms with E-state index >= 15 is 0 Å². The van der Waals surface area contributed by atoms with Crippen molar-refractivity contribution in [2.24, 2.45) is 0 Å². The van der Waals surface area contributed by atoms with Gasteiger partial charge < -0.3 is 11.5 Å². The van der Waals surface area contributed by atoms with E-state index < -0.39 is 0 Å². The predicted octanol–water partition coefficient (Wildman–Crippen LogP) is 3.22. The zero-order valence-corrected chi connectivity index (χ0v) is 9.76. The van der Waals surface area contributed by atoms with Crippen molar-refractivity contribution < 1.29 is 0 Å². The quantitative estimate of drug-likeness (QED) is 0.821. The number of aromatic nitrogens is 1. The van der Waals surface area contributed by atoms with E-state index in [2.05, 4.69) is 4.98 Å². The lowest BCUT2D eigenvalue weighted by atomic mass is 10.1. The Balaban J connectivity index is 2.73. The Morgan fingerprint density at radius 3 is 2.25 bits per heavy atom. The highest BCUT2D eigenvalue weighted by atomic mass is 35.5. The van der Waals surface area contributed by atoms with Crippen molar-refractivity contribution in [3.8, 4) is 11.1 Å². The molecular weight excluding hydrogens is 245 g/mol. The Kier molecular flexibility index (Phi) is 2.90. The van der Waals surface area contributed by atoms with Crippen LogP contribution in [0.3, 0.4) is 0 Å². The third-order valence-corrected chi connectivity index (χ3v) is 2.88. The Hall–Kier alpha value is -1.45. The molecule has 0 saturated heterocycles. The van der Waals surface area contributed by atoms with Gasteiger partial charge in [-0.05, 0) is 12.1 Å². The van der Waals surface area contributed by atoms with Gasteiger partial charge in [-0.25, -0.2) is 0 Å². The molecule has 1 heterocycles. The number of hydrogen-bond acceptors (Lipinski definition) is 3. The van der Waals surface area contributed by atoms with Gasteiger partial charge in [-0.3, -0.25) is 4.98 Å². The van der Waals surface area contributed by atoms with E-state index in [1.54, 1.807) is 24.4 Å². The second-order valence-corrected chi connectivity index (χ2v) is 4.10. The molecule has 0 amide bonds. The van der Waals surface area contributed by atoms with Crippen molar-refractivity contribution >= 4 is 34.6 Å². The molecule has 2 rings (SSSR count). The Labute approximate surface area is 103 Å². The number of pyridine rings is 1. The normalized spacial score (nSPS) is 10.4. The average Bonchev–Trinajstić information content (AvgIpc) is 2.24. The van der Waals surface area contributed by atoms with Crippen LogP contribution in [-0.2, 0) is 0 Å². The van der Waals surface area contributed by atoms with Gasteiger partial charge in [0, 0.05) is 17.3 Å². The minimum atomic E-state index is 0.411. The highest BCUT2D eigenvalue weighted by Gasteiger charge is 2.12. The average molecular weight is 254 g/mol. The van der Waals surface area contributed by atoms with E-state index in [4.69, 9.17) is 34.7 Å². The molecule has 3 nitrogen and oxygen atoms in total. The van der Waals surface area contributed by atoms with E-state index in [1.807, 2.05) is 0 Å². The highest BCUT2D eigenvalue weighted by Crippen LogP contribution is 2.38. The Morgan fingerprint density at radius 1 is 1.00 bits per heavy atom. The van der Waals surface area contributed by atoms with Crippen LogP contribution in [0.25, 0.3) is 11.1 Å². The standard InChI is InChI=1S/C11H9Cl2N3/c12-7-2-1-3-8(13)10(7)6-4-16-5-9(14)11(6)15/h1-5H,14H2,(H2,15,16). The number of nitrogens with zero attached hydrogens (tertiary/aromatic N) is 1. The van der Waals surface area contributed by atoms with Crippen molar-refractivity contribution in [1.29, 1.82) is 0 Å². The zero-order chi connectivity index (χ0) is 11.7. The summed E-state index contributed by atoms with van der Waals surface area (Å²) in [6.45, 7) is 0. The number of nitrogen functional groups attached to an aromatic ring is 2. The molecule has 0 aliphatic heterocycles. The topological polar surface area (TPSA) is 64.9 Å². The molecule has 0 unspecified atom stereocenters. The number of halogens is 2. The third-order valence-electron chi connectivity index (χ3n) is 2.25. The Morgan fingerprint density at radius 2 is 1.62 bits per heavy atom. The molecule has 82 valence electrons. The van der Waals surface area contributed by atoms with Crippen LogP contribution in [0.15, 0.2) is 30.6 Å². The van der Waals surface area contributed by atoms with E-state index in [0.29, 0.717) is 32.5 Å².